The molecule has 8 heteroatoms. The topological polar surface area (TPSA) is 83.6 Å². The highest BCUT2D eigenvalue weighted by atomic mass is 32.1. The van der Waals surface area contributed by atoms with Gasteiger partial charge in [0.25, 0.3) is 0 Å². The van der Waals surface area contributed by atoms with Gasteiger partial charge in [-0.3, -0.25) is 14.5 Å². The zero-order chi connectivity index (χ0) is 21.9. The van der Waals surface area contributed by atoms with Crippen LogP contribution in [0.3, 0.4) is 0 Å². The van der Waals surface area contributed by atoms with Crippen molar-refractivity contribution in [2.24, 2.45) is 5.92 Å². The van der Waals surface area contributed by atoms with Gasteiger partial charge in [0, 0.05) is 37.3 Å². The van der Waals surface area contributed by atoms with Crippen LogP contribution in [0, 0.1) is 5.92 Å². The fraction of sp³-hybridized carbons (Fsp3) is 0.522. The molecular formula is C23H32N4O3S. The second-order valence-electron chi connectivity index (χ2n) is 7.67. The second kappa shape index (κ2) is 12.5. The van der Waals surface area contributed by atoms with Crippen LogP contribution in [0.25, 0.3) is 0 Å². The summed E-state index contributed by atoms with van der Waals surface area (Å²) in [5.74, 6) is 0.121. The van der Waals surface area contributed by atoms with E-state index in [0.29, 0.717) is 26.3 Å². The molecule has 31 heavy (non-hydrogen) atoms. The van der Waals surface area contributed by atoms with Gasteiger partial charge < -0.3 is 15.4 Å². The van der Waals surface area contributed by atoms with Crippen molar-refractivity contribution in [3.05, 3.63) is 52.5 Å². The molecule has 7 nitrogen and oxygen atoms in total. The quantitative estimate of drug-likeness (QED) is 0.521. The SMILES string of the molecule is CCOCCCNC(=O)C1CCN(CC(=O)NC(c2ccccc2)c2nccs2)CC1. The molecule has 1 atom stereocenters. The van der Waals surface area contributed by atoms with Crippen molar-refractivity contribution in [1.82, 2.24) is 20.5 Å². The van der Waals surface area contributed by atoms with Crippen LogP contribution in [0.15, 0.2) is 41.9 Å². The van der Waals surface area contributed by atoms with E-state index in [9.17, 15) is 9.59 Å². The van der Waals surface area contributed by atoms with E-state index in [1.807, 2.05) is 42.6 Å². The van der Waals surface area contributed by atoms with Crippen molar-refractivity contribution in [2.45, 2.75) is 32.2 Å². The molecule has 2 N–H and O–H groups in total. The van der Waals surface area contributed by atoms with Gasteiger partial charge in [-0.15, -0.1) is 11.3 Å². The van der Waals surface area contributed by atoms with Crippen LogP contribution in [0.2, 0.25) is 0 Å². The first-order valence-electron chi connectivity index (χ1n) is 11.0. The van der Waals surface area contributed by atoms with Crippen molar-refractivity contribution < 1.29 is 14.3 Å². The zero-order valence-electron chi connectivity index (χ0n) is 18.1. The molecule has 0 bridgehead atoms. The van der Waals surface area contributed by atoms with Gasteiger partial charge >= 0.3 is 0 Å². The lowest BCUT2D eigenvalue weighted by Gasteiger charge is -2.31. The van der Waals surface area contributed by atoms with E-state index in [-0.39, 0.29) is 23.8 Å². The number of hydrogen-bond acceptors (Lipinski definition) is 6. The summed E-state index contributed by atoms with van der Waals surface area (Å²) in [5, 5.41) is 8.94. The number of ether oxygens (including phenoxy) is 1. The van der Waals surface area contributed by atoms with Crippen LogP contribution >= 0.6 is 11.3 Å². The van der Waals surface area contributed by atoms with E-state index in [1.165, 1.54) is 11.3 Å². The molecule has 2 amide bonds. The number of amides is 2. The smallest absolute Gasteiger partial charge is 0.235 e. The van der Waals surface area contributed by atoms with Crippen LogP contribution in [-0.2, 0) is 14.3 Å². The molecule has 3 rings (SSSR count). The number of nitrogens with zero attached hydrogens (tertiary/aromatic N) is 2. The maximum absolute atomic E-state index is 12.8. The summed E-state index contributed by atoms with van der Waals surface area (Å²) in [5.41, 5.74) is 1.02. The molecular weight excluding hydrogens is 412 g/mol. The Kier molecular flexibility index (Phi) is 9.45. The largest absolute Gasteiger partial charge is 0.382 e. The number of thiazole rings is 1. The third-order valence-corrected chi connectivity index (χ3v) is 6.27. The number of carbonyl (C=O) groups is 2. The Hall–Kier alpha value is -2.29. The lowest BCUT2D eigenvalue weighted by atomic mass is 9.96. The first-order valence-corrected chi connectivity index (χ1v) is 11.9. The summed E-state index contributed by atoms with van der Waals surface area (Å²) in [7, 11) is 0. The molecule has 1 unspecified atom stereocenters. The molecule has 0 radical (unpaired) electrons. The Bertz CT molecular complexity index is 792. The van der Waals surface area contributed by atoms with Gasteiger partial charge in [0.1, 0.15) is 11.0 Å². The van der Waals surface area contributed by atoms with Crippen LogP contribution in [0.5, 0.6) is 0 Å². The van der Waals surface area contributed by atoms with Crippen LogP contribution < -0.4 is 10.6 Å². The predicted octanol–water partition coefficient (Wildman–Crippen LogP) is 2.60. The number of hydrogen-bond donors (Lipinski definition) is 2. The predicted molar refractivity (Wildman–Crippen MR) is 122 cm³/mol. The Morgan fingerprint density at radius 1 is 1.26 bits per heavy atom. The van der Waals surface area contributed by atoms with E-state index in [0.717, 1.165) is 42.9 Å². The lowest BCUT2D eigenvalue weighted by Crippen LogP contribution is -2.45. The normalized spacial score (nSPS) is 16.0. The van der Waals surface area contributed by atoms with Crippen molar-refractivity contribution in [2.75, 3.05) is 39.4 Å². The number of piperidine rings is 1. The third-order valence-electron chi connectivity index (χ3n) is 5.43. The van der Waals surface area contributed by atoms with Gasteiger partial charge in [-0.2, -0.15) is 0 Å². The molecule has 1 aromatic carbocycles. The fourth-order valence-electron chi connectivity index (χ4n) is 3.75. The van der Waals surface area contributed by atoms with Gasteiger partial charge in [-0.25, -0.2) is 4.98 Å². The van der Waals surface area contributed by atoms with Gasteiger partial charge in [-0.1, -0.05) is 30.3 Å². The van der Waals surface area contributed by atoms with E-state index < -0.39 is 0 Å². The fourth-order valence-corrected chi connectivity index (χ4v) is 4.46. The number of nitrogens with one attached hydrogen (secondary N) is 2. The van der Waals surface area contributed by atoms with Crippen LogP contribution in [0.4, 0.5) is 0 Å². The summed E-state index contributed by atoms with van der Waals surface area (Å²) in [6.45, 7) is 5.82. The summed E-state index contributed by atoms with van der Waals surface area (Å²) >= 11 is 1.54. The summed E-state index contributed by atoms with van der Waals surface area (Å²) in [6.07, 6.45) is 4.15. The zero-order valence-corrected chi connectivity index (χ0v) is 18.9. The summed E-state index contributed by atoms with van der Waals surface area (Å²) in [6, 6.07) is 9.66. The minimum absolute atomic E-state index is 0.0251. The van der Waals surface area contributed by atoms with Crippen LogP contribution in [0.1, 0.15) is 42.8 Å². The monoisotopic (exact) mass is 444 g/mol. The number of likely N-dealkylation sites (tertiary alicyclic amines) is 1. The molecule has 0 spiro atoms. The maximum atomic E-state index is 12.8. The van der Waals surface area contributed by atoms with Gasteiger partial charge in [0.05, 0.1) is 6.54 Å². The molecule has 2 aromatic rings. The third kappa shape index (κ3) is 7.41. The van der Waals surface area contributed by atoms with Crippen molar-refractivity contribution in [1.29, 1.82) is 0 Å². The average molecular weight is 445 g/mol. The van der Waals surface area contributed by atoms with Gasteiger partial charge in [-0.05, 0) is 44.8 Å². The standard InChI is InChI=1S/C23H32N4O3S/c1-2-30-15-6-11-24-22(29)19-9-13-27(14-10-19)17-20(28)26-21(23-25-12-16-31-23)18-7-4-3-5-8-18/h3-5,7-8,12,16,19,21H,2,6,9-11,13-15,17H2,1H3,(H,24,29)(H,26,28). The van der Waals surface area contributed by atoms with Gasteiger partial charge in [0.15, 0.2) is 0 Å². The van der Waals surface area contributed by atoms with Crippen molar-refractivity contribution in [3.8, 4) is 0 Å². The van der Waals surface area contributed by atoms with E-state index in [4.69, 9.17) is 4.74 Å². The van der Waals surface area contributed by atoms with E-state index in [1.54, 1.807) is 6.20 Å². The summed E-state index contributed by atoms with van der Waals surface area (Å²) < 4.78 is 5.29. The maximum Gasteiger partial charge on any atom is 0.235 e. The van der Waals surface area contributed by atoms with Crippen molar-refractivity contribution in [3.63, 3.8) is 0 Å². The number of rotatable bonds is 11. The Morgan fingerprint density at radius 3 is 2.71 bits per heavy atom. The highest BCUT2D eigenvalue weighted by Gasteiger charge is 2.27. The van der Waals surface area contributed by atoms with E-state index >= 15 is 0 Å². The van der Waals surface area contributed by atoms with Crippen LogP contribution in [-0.4, -0.2) is 61.1 Å². The molecule has 0 aliphatic carbocycles. The second-order valence-corrected chi connectivity index (χ2v) is 8.60. The molecule has 168 valence electrons. The molecule has 1 aliphatic heterocycles. The first-order chi connectivity index (χ1) is 15.2. The van der Waals surface area contributed by atoms with Gasteiger partial charge in [0.2, 0.25) is 11.8 Å². The molecule has 1 saturated heterocycles. The Morgan fingerprint density at radius 2 is 2.03 bits per heavy atom. The molecule has 1 aliphatic rings. The minimum Gasteiger partial charge on any atom is -0.382 e. The Labute approximate surface area is 188 Å². The lowest BCUT2D eigenvalue weighted by molar-refractivity contribution is -0.127. The molecule has 1 fully saturated rings. The highest BCUT2D eigenvalue weighted by molar-refractivity contribution is 7.09. The average Bonchev–Trinajstić information content (AvgIpc) is 3.33. The van der Waals surface area contributed by atoms with Crippen molar-refractivity contribution >= 4 is 23.2 Å². The number of aromatic nitrogens is 1. The highest BCUT2D eigenvalue weighted by Crippen LogP contribution is 2.24. The minimum atomic E-state index is -0.242. The number of benzene rings is 1. The first kappa shape index (κ1) is 23.4. The Balaban J connectivity index is 1.43. The van der Waals surface area contributed by atoms with E-state index in [2.05, 4.69) is 20.5 Å². The number of carbonyl (C=O) groups excluding carboxylic acids is 2. The molecule has 1 aromatic heterocycles. The summed E-state index contributed by atoms with van der Waals surface area (Å²) in [4.78, 5) is 31.6. The molecule has 0 saturated carbocycles. The molecule has 2 heterocycles.